The summed E-state index contributed by atoms with van der Waals surface area (Å²) in [5.74, 6) is 0.513. The van der Waals surface area contributed by atoms with E-state index in [0.29, 0.717) is 12.5 Å². The molecule has 0 aliphatic heterocycles. The zero-order chi connectivity index (χ0) is 13.0. The van der Waals surface area contributed by atoms with Crippen LogP contribution >= 0.6 is 0 Å². The number of rotatable bonds is 3. The first-order valence-electron chi connectivity index (χ1n) is 6.68. The highest BCUT2D eigenvalue weighted by Gasteiger charge is 2.29. The van der Waals surface area contributed by atoms with E-state index in [1.54, 1.807) is 0 Å². The molecule has 0 spiro atoms. The van der Waals surface area contributed by atoms with Gasteiger partial charge in [-0.2, -0.15) is 0 Å². The molecular weight excluding hydrogens is 224 g/mol. The Balaban J connectivity index is 1.99. The zero-order valence-corrected chi connectivity index (χ0v) is 11.1. The fourth-order valence-corrected chi connectivity index (χ4v) is 2.52. The van der Waals surface area contributed by atoms with Gasteiger partial charge < -0.3 is 9.84 Å². The van der Waals surface area contributed by atoms with E-state index in [9.17, 15) is 5.11 Å². The highest BCUT2D eigenvalue weighted by molar-refractivity contribution is 5.13. The van der Waals surface area contributed by atoms with Crippen LogP contribution in [0.3, 0.4) is 0 Å². The molecule has 0 bridgehead atoms. The Bertz CT molecular complexity index is 385. The molecule has 0 aromatic heterocycles. The summed E-state index contributed by atoms with van der Waals surface area (Å²) < 4.78 is 6.03. The normalized spacial score (nSPS) is 32.2. The van der Waals surface area contributed by atoms with E-state index >= 15 is 0 Å². The molecule has 0 saturated carbocycles. The molecule has 0 fully saturated rings. The van der Waals surface area contributed by atoms with Gasteiger partial charge >= 0.3 is 0 Å². The van der Waals surface area contributed by atoms with Crippen LogP contribution in [0.2, 0.25) is 0 Å². The van der Waals surface area contributed by atoms with Crippen molar-refractivity contribution < 1.29 is 9.84 Å². The number of benzene rings is 1. The standard InChI is InChI=1S/C16H22O2/c1-12-7-6-10-15(17)13(2)16(12)18-11-14-8-4-3-5-9-14/h3-9,12-13,15-17H,10-11H2,1-2H3/t12-,13+,15-,16-/m0/s1. The van der Waals surface area contributed by atoms with Gasteiger partial charge in [0.2, 0.25) is 0 Å². The van der Waals surface area contributed by atoms with Gasteiger partial charge in [-0.25, -0.2) is 0 Å². The van der Waals surface area contributed by atoms with E-state index in [2.05, 4.69) is 38.1 Å². The van der Waals surface area contributed by atoms with E-state index in [1.807, 2.05) is 18.2 Å². The van der Waals surface area contributed by atoms with E-state index in [0.717, 1.165) is 6.42 Å². The first kappa shape index (κ1) is 13.3. The Kier molecular flexibility index (Phi) is 4.56. The molecular formula is C16H22O2. The monoisotopic (exact) mass is 246 g/mol. The van der Waals surface area contributed by atoms with Crippen molar-refractivity contribution in [2.24, 2.45) is 11.8 Å². The highest BCUT2D eigenvalue weighted by Crippen LogP contribution is 2.27. The van der Waals surface area contributed by atoms with Gasteiger partial charge in [-0.05, 0) is 12.0 Å². The first-order chi connectivity index (χ1) is 8.68. The highest BCUT2D eigenvalue weighted by atomic mass is 16.5. The molecule has 18 heavy (non-hydrogen) atoms. The fraction of sp³-hybridized carbons (Fsp3) is 0.500. The van der Waals surface area contributed by atoms with Gasteiger partial charge in [0, 0.05) is 11.8 Å². The summed E-state index contributed by atoms with van der Waals surface area (Å²) in [6.45, 7) is 4.84. The Labute approximate surface area is 109 Å². The Morgan fingerprint density at radius 1 is 1.22 bits per heavy atom. The number of hydrogen-bond acceptors (Lipinski definition) is 2. The van der Waals surface area contributed by atoms with Crippen molar-refractivity contribution in [1.82, 2.24) is 0 Å². The van der Waals surface area contributed by atoms with Crippen LogP contribution in [0.5, 0.6) is 0 Å². The molecule has 1 aromatic rings. The lowest BCUT2D eigenvalue weighted by atomic mass is 9.91. The summed E-state index contributed by atoms with van der Waals surface area (Å²) in [6.07, 6.45) is 4.74. The van der Waals surface area contributed by atoms with E-state index in [4.69, 9.17) is 4.74 Å². The van der Waals surface area contributed by atoms with Gasteiger partial charge in [0.1, 0.15) is 0 Å². The number of aliphatic hydroxyl groups is 1. The summed E-state index contributed by atoms with van der Waals surface area (Å²) in [5, 5.41) is 10.0. The molecule has 4 atom stereocenters. The summed E-state index contributed by atoms with van der Waals surface area (Å²) in [7, 11) is 0. The topological polar surface area (TPSA) is 29.5 Å². The minimum absolute atomic E-state index is 0.0824. The molecule has 2 nitrogen and oxygen atoms in total. The van der Waals surface area contributed by atoms with Crippen molar-refractivity contribution in [2.45, 2.75) is 39.1 Å². The molecule has 1 N–H and O–H groups in total. The second kappa shape index (κ2) is 6.17. The third-order valence-electron chi connectivity index (χ3n) is 3.75. The molecule has 0 amide bonds. The van der Waals surface area contributed by atoms with Gasteiger partial charge in [-0.3, -0.25) is 0 Å². The minimum atomic E-state index is -0.299. The van der Waals surface area contributed by atoms with Gasteiger partial charge in [-0.15, -0.1) is 0 Å². The molecule has 0 radical (unpaired) electrons. The van der Waals surface area contributed by atoms with Crippen LogP contribution < -0.4 is 0 Å². The van der Waals surface area contributed by atoms with Crippen molar-refractivity contribution in [2.75, 3.05) is 0 Å². The third kappa shape index (κ3) is 3.21. The lowest BCUT2D eigenvalue weighted by molar-refractivity contribution is -0.0516. The lowest BCUT2D eigenvalue weighted by Gasteiger charge is -2.29. The molecule has 2 heteroatoms. The molecule has 0 unspecified atom stereocenters. The van der Waals surface area contributed by atoms with Crippen LogP contribution in [-0.4, -0.2) is 17.3 Å². The smallest absolute Gasteiger partial charge is 0.0721 e. The Hall–Kier alpha value is -1.12. The molecule has 1 aliphatic carbocycles. The maximum Gasteiger partial charge on any atom is 0.0721 e. The summed E-state index contributed by atoms with van der Waals surface area (Å²) in [5.41, 5.74) is 1.18. The second-order valence-corrected chi connectivity index (χ2v) is 5.21. The van der Waals surface area contributed by atoms with Gasteiger partial charge in [0.25, 0.3) is 0 Å². The van der Waals surface area contributed by atoms with Crippen molar-refractivity contribution in [1.29, 1.82) is 0 Å². The first-order valence-corrected chi connectivity index (χ1v) is 6.68. The average Bonchev–Trinajstić information content (AvgIpc) is 2.50. The van der Waals surface area contributed by atoms with Crippen LogP contribution in [0.4, 0.5) is 0 Å². The summed E-state index contributed by atoms with van der Waals surface area (Å²) >= 11 is 0. The molecule has 0 heterocycles. The van der Waals surface area contributed by atoms with Crippen LogP contribution in [0, 0.1) is 11.8 Å². The maximum absolute atomic E-state index is 10.0. The van der Waals surface area contributed by atoms with Crippen molar-refractivity contribution in [3.63, 3.8) is 0 Å². The van der Waals surface area contributed by atoms with Gasteiger partial charge in [0.05, 0.1) is 18.8 Å². The molecule has 1 aromatic carbocycles. The van der Waals surface area contributed by atoms with Crippen LogP contribution in [0.25, 0.3) is 0 Å². The Morgan fingerprint density at radius 2 is 1.94 bits per heavy atom. The fourth-order valence-electron chi connectivity index (χ4n) is 2.52. The summed E-state index contributed by atoms with van der Waals surface area (Å²) in [6, 6.07) is 10.2. The third-order valence-corrected chi connectivity index (χ3v) is 3.75. The molecule has 1 aliphatic rings. The number of ether oxygens (including phenoxy) is 1. The van der Waals surface area contributed by atoms with Crippen LogP contribution in [-0.2, 0) is 11.3 Å². The van der Waals surface area contributed by atoms with E-state index in [-0.39, 0.29) is 18.1 Å². The molecule has 2 rings (SSSR count). The summed E-state index contributed by atoms with van der Waals surface area (Å²) in [4.78, 5) is 0. The van der Waals surface area contributed by atoms with E-state index < -0.39 is 0 Å². The molecule has 0 saturated heterocycles. The predicted octanol–water partition coefficient (Wildman–Crippen LogP) is 3.16. The van der Waals surface area contributed by atoms with Crippen molar-refractivity contribution in [3.8, 4) is 0 Å². The second-order valence-electron chi connectivity index (χ2n) is 5.21. The largest absolute Gasteiger partial charge is 0.392 e. The van der Waals surface area contributed by atoms with Crippen LogP contribution in [0.1, 0.15) is 25.8 Å². The number of hydrogen-bond donors (Lipinski definition) is 1. The molecule has 98 valence electrons. The van der Waals surface area contributed by atoms with E-state index in [1.165, 1.54) is 5.56 Å². The number of aliphatic hydroxyl groups excluding tert-OH is 1. The zero-order valence-electron chi connectivity index (χ0n) is 11.1. The van der Waals surface area contributed by atoms with Crippen molar-refractivity contribution >= 4 is 0 Å². The minimum Gasteiger partial charge on any atom is -0.392 e. The SMILES string of the molecule is C[C@H]1[C@@H](OCc2ccccc2)[C@@H](C)C=CC[C@@H]1O. The average molecular weight is 246 g/mol. The van der Waals surface area contributed by atoms with Gasteiger partial charge in [0.15, 0.2) is 0 Å². The predicted molar refractivity (Wildman–Crippen MR) is 73.1 cm³/mol. The van der Waals surface area contributed by atoms with Gasteiger partial charge in [-0.1, -0.05) is 56.3 Å². The Morgan fingerprint density at radius 3 is 2.67 bits per heavy atom. The lowest BCUT2D eigenvalue weighted by Crippen LogP contribution is -2.34. The quantitative estimate of drug-likeness (QED) is 0.830. The van der Waals surface area contributed by atoms with Crippen molar-refractivity contribution in [3.05, 3.63) is 48.0 Å². The maximum atomic E-state index is 10.0. The van der Waals surface area contributed by atoms with Crippen LogP contribution in [0.15, 0.2) is 42.5 Å².